The first-order chi connectivity index (χ1) is 4.70. The van der Waals surface area contributed by atoms with Crippen LogP contribution < -0.4 is 5.46 Å². The van der Waals surface area contributed by atoms with Crippen molar-refractivity contribution < 1.29 is 8.76 Å². The van der Waals surface area contributed by atoms with Crippen LogP contribution in [0.2, 0.25) is 0 Å². The van der Waals surface area contributed by atoms with Crippen LogP contribution in [-0.2, 0) is 11.1 Å². The summed E-state index contributed by atoms with van der Waals surface area (Å²) in [4.78, 5) is 0.333. The molecule has 0 aromatic heterocycles. The van der Waals surface area contributed by atoms with Gasteiger partial charge in [-0.15, -0.1) is 0 Å². The lowest BCUT2D eigenvalue weighted by Crippen LogP contribution is -2.02. The summed E-state index contributed by atoms with van der Waals surface area (Å²) < 4.78 is 19.0. The van der Waals surface area contributed by atoms with E-state index in [2.05, 4.69) is 0 Å². The molecule has 10 heavy (non-hydrogen) atoms. The van der Waals surface area contributed by atoms with E-state index in [-0.39, 0.29) is 0 Å². The second-order valence-electron chi connectivity index (χ2n) is 1.82. The van der Waals surface area contributed by atoms with Crippen LogP contribution in [0.15, 0.2) is 29.2 Å². The number of hydrogen-bond donors (Lipinski definition) is 1. The van der Waals surface area contributed by atoms with E-state index in [1.165, 1.54) is 6.07 Å². The third kappa shape index (κ3) is 1.69. The Morgan fingerprint density at radius 3 is 2.60 bits per heavy atom. The molecule has 1 rings (SSSR count). The molecule has 1 aromatic rings. The molecule has 0 saturated heterocycles. The molecule has 0 saturated carbocycles. The monoisotopic (exact) mass is 152 g/mol. The maximum absolute atomic E-state index is 10.4. The van der Waals surface area contributed by atoms with Crippen molar-refractivity contribution in [1.29, 1.82) is 0 Å². The third-order valence-corrected chi connectivity index (χ3v) is 1.72. The smallest absolute Gasteiger partial charge is 0.186 e. The van der Waals surface area contributed by atoms with Crippen molar-refractivity contribution in [2.75, 3.05) is 0 Å². The minimum absolute atomic E-state index is 0.333. The zero-order chi connectivity index (χ0) is 7.56. The van der Waals surface area contributed by atoms with E-state index in [0.29, 0.717) is 10.4 Å². The molecular weight excluding hydrogens is 147 g/mol. The Bertz CT molecular complexity index is 262. The Balaban J connectivity index is 3.07. The van der Waals surface area contributed by atoms with E-state index in [0.717, 1.165) is 0 Å². The summed E-state index contributed by atoms with van der Waals surface area (Å²) in [5.74, 6) is 0. The van der Waals surface area contributed by atoms with E-state index in [1.54, 1.807) is 18.2 Å². The van der Waals surface area contributed by atoms with Crippen LogP contribution in [0.4, 0.5) is 0 Å². The van der Waals surface area contributed by atoms with E-state index >= 15 is 0 Å². The lowest BCUT2D eigenvalue weighted by Gasteiger charge is -1.94. The summed E-state index contributed by atoms with van der Waals surface area (Å²) in [5, 5.41) is 0. The Hall–Kier alpha value is -0.605. The molecule has 50 valence electrons. The fourth-order valence-electron chi connectivity index (χ4n) is 0.623. The van der Waals surface area contributed by atoms with E-state index < -0.39 is 11.1 Å². The molecule has 0 spiro atoms. The molecule has 1 atom stereocenters. The average Bonchev–Trinajstić information content (AvgIpc) is 1.88. The minimum atomic E-state index is -1.92. The first kappa shape index (κ1) is 7.50. The molecule has 1 N–H and O–H groups in total. The molecule has 0 heterocycles. The summed E-state index contributed by atoms with van der Waals surface area (Å²) >= 11 is -1.92. The highest BCUT2D eigenvalue weighted by molar-refractivity contribution is 7.79. The molecule has 2 nitrogen and oxygen atoms in total. The highest BCUT2D eigenvalue weighted by atomic mass is 32.2. The van der Waals surface area contributed by atoms with Gasteiger partial charge in [-0.05, 0) is 6.07 Å². The molecule has 2 radical (unpaired) electrons. The molecule has 0 aliphatic carbocycles. The van der Waals surface area contributed by atoms with Crippen molar-refractivity contribution in [3.05, 3.63) is 24.3 Å². The SMILES string of the molecule is [B]c1cccc(S(=O)O)c1. The number of rotatable bonds is 1. The molecule has 4 heteroatoms. The summed E-state index contributed by atoms with van der Waals surface area (Å²) in [5.41, 5.74) is 0.500. The zero-order valence-corrected chi connectivity index (χ0v) is 5.97. The summed E-state index contributed by atoms with van der Waals surface area (Å²) in [6, 6.07) is 6.32. The van der Waals surface area contributed by atoms with Crippen LogP contribution in [0.3, 0.4) is 0 Å². The normalized spacial score (nSPS) is 12.9. The molecular formula is C6H5BO2S. The topological polar surface area (TPSA) is 37.3 Å². The second-order valence-corrected chi connectivity index (χ2v) is 2.79. The van der Waals surface area contributed by atoms with Gasteiger partial charge in [-0.1, -0.05) is 23.7 Å². The van der Waals surface area contributed by atoms with Gasteiger partial charge in [0, 0.05) is 0 Å². The van der Waals surface area contributed by atoms with Crippen molar-refractivity contribution in [3.8, 4) is 0 Å². The predicted octanol–water partition coefficient (Wildman–Crippen LogP) is 0.0610. The first-order valence-corrected chi connectivity index (χ1v) is 3.77. The minimum Gasteiger partial charge on any atom is -0.302 e. The van der Waals surface area contributed by atoms with Crippen LogP contribution in [0.5, 0.6) is 0 Å². The van der Waals surface area contributed by atoms with Crippen LogP contribution in [0.1, 0.15) is 0 Å². The molecule has 0 aliphatic heterocycles. The molecule has 1 aromatic carbocycles. The lowest BCUT2D eigenvalue weighted by atomic mass is 9.97. The van der Waals surface area contributed by atoms with Gasteiger partial charge < -0.3 is 4.55 Å². The maximum atomic E-state index is 10.4. The van der Waals surface area contributed by atoms with Crippen molar-refractivity contribution in [3.63, 3.8) is 0 Å². The maximum Gasteiger partial charge on any atom is 0.186 e. The van der Waals surface area contributed by atoms with E-state index in [4.69, 9.17) is 12.4 Å². The van der Waals surface area contributed by atoms with Gasteiger partial charge in [-0.2, -0.15) is 0 Å². The van der Waals surface area contributed by atoms with Crippen LogP contribution in [0, 0.1) is 0 Å². The molecule has 0 aliphatic rings. The highest BCUT2D eigenvalue weighted by Gasteiger charge is 1.96. The van der Waals surface area contributed by atoms with Crippen molar-refractivity contribution in [2.24, 2.45) is 0 Å². The van der Waals surface area contributed by atoms with Gasteiger partial charge >= 0.3 is 0 Å². The van der Waals surface area contributed by atoms with Crippen LogP contribution in [-0.4, -0.2) is 16.6 Å². The predicted molar refractivity (Wildman–Crippen MR) is 40.9 cm³/mol. The summed E-state index contributed by atoms with van der Waals surface area (Å²) in [6.45, 7) is 0. The van der Waals surface area contributed by atoms with Crippen molar-refractivity contribution >= 4 is 24.4 Å². The Kier molecular flexibility index (Phi) is 2.24. The van der Waals surface area contributed by atoms with Gasteiger partial charge in [0.1, 0.15) is 7.85 Å². The molecule has 0 bridgehead atoms. The highest BCUT2D eigenvalue weighted by Crippen LogP contribution is 1.99. The lowest BCUT2D eigenvalue weighted by molar-refractivity contribution is 0.564. The Labute approximate surface area is 63.0 Å². The Morgan fingerprint density at radius 1 is 1.50 bits per heavy atom. The number of hydrogen-bond acceptors (Lipinski definition) is 1. The van der Waals surface area contributed by atoms with Gasteiger partial charge in [0.2, 0.25) is 0 Å². The second kappa shape index (κ2) is 2.99. The summed E-state index contributed by atoms with van der Waals surface area (Å²) in [6.07, 6.45) is 0. The fourth-order valence-corrected chi connectivity index (χ4v) is 1.06. The molecule has 0 amide bonds. The van der Waals surface area contributed by atoms with Crippen LogP contribution >= 0.6 is 0 Å². The summed E-state index contributed by atoms with van der Waals surface area (Å²) in [7, 11) is 5.35. The number of benzene rings is 1. The van der Waals surface area contributed by atoms with E-state index in [1.807, 2.05) is 0 Å². The van der Waals surface area contributed by atoms with Crippen LogP contribution in [0.25, 0.3) is 0 Å². The van der Waals surface area contributed by atoms with Gasteiger partial charge in [-0.25, -0.2) is 4.21 Å². The first-order valence-electron chi connectivity index (χ1n) is 2.66. The zero-order valence-electron chi connectivity index (χ0n) is 5.15. The quantitative estimate of drug-likeness (QED) is 0.456. The Morgan fingerprint density at radius 2 is 2.20 bits per heavy atom. The average molecular weight is 152 g/mol. The molecule has 0 fully saturated rings. The van der Waals surface area contributed by atoms with Gasteiger partial charge in [0.05, 0.1) is 4.90 Å². The standard InChI is InChI=1S/C6H5BO2S/c7-5-2-1-3-6(4-5)10(8)9/h1-4H,(H,8,9). The fraction of sp³-hybridized carbons (Fsp3) is 0. The van der Waals surface area contributed by atoms with Gasteiger partial charge in [0.15, 0.2) is 11.1 Å². The van der Waals surface area contributed by atoms with Crippen molar-refractivity contribution in [1.82, 2.24) is 0 Å². The van der Waals surface area contributed by atoms with Crippen molar-refractivity contribution in [2.45, 2.75) is 4.90 Å². The largest absolute Gasteiger partial charge is 0.302 e. The molecule has 1 unspecified atom stereocenters. The van der Waals surface area contributed by atoms with Gasteiger partial charge in [-0.3, -0.25) is 0 Å². The third-order valence-electron chi connectivity index (χ3n) is 1.06. The van der Waals surface area contributed by atoms with Gasteiger partial charge in [0.25, 0.3) is 0 Å². The van der Waals surface area contributed by atoms with E-state index in [9.17, 15) is 4.21 Å².